The van der Waals surface area contributed by atoms with Crippen molar-refractivity contribution >= 4 is 27.4 Å². The minimum absolute atomic E-state index is 0.0191. The van der Waals surface area contributed by atoms with Crippen LogP contribution in [0.15, 0.2) is 18.2 Å². The van der Waals surface area contributed by atoms with Crippen molar-refractivity contribution in [1.29, 1.82) is 0 Å². The molecule has 0 spiro atoms. The zero-order chi connectivity index (χ0) is 19.5. The summed E-state index contributed by atoms with van der Waals surface area (Å²) >= 11 is 0. The first kappa shape index (κ1) is 20.6. The maximum absolute atomic E-state index is 12.3. The molecule has 1 saturated carbocycles. The minimum Gasteiger partial charge on any atom is -0.335 e. The molecule has 1 aliphatic carbocycles. The maximum Gasteiger partial charge on any atom is 0.319 e. The second kappa shape index (κ2) is 7.86. The number of rotatable bonds is 5. The molecular formula is C19H31N3O3S. The molecule has 1 aromatic carbocycles. The average Bonchev–Trinajstić information content (AvgIpc) is 2.52. The van der Waals surface area contributed by atoms with Crippen LogP contribution in [0.25, 0.3) is 0 Å². The number of carbonyl (C=O) groups excluding carboxylic acids is 1. The number of benzene rings is 1. The molecule has 7 heteroatoms. The topological polar surface area (TPSA) is 87.3 Å². The van der Waals surface area contributed by atoms with E-state index in [9.17, 15) is 13.2 Å². The van der Waals surface area contributed by atoms with E-state index in [4.69, 9.17) is 0 Å². The molecule has 0 bridgehead atoms. The Labute approximate surface area is 157 Å². The molecular weight excluding hydrogens is 350 g/mol. The average molecular weight is 382 g/mol. The van der Waals surface area contributed by atoms with E-state index in [-0.39, 0.29) is 17.8 Å². The molecule has 2 amide bonds. The first-order chi connectivity index (χ1) is 12.0. The Morgan fingerprint density at radius 3 is 2.58 bits per heavy atom. The molecule has 0 radical (unpaired) electrons. The third kappa shape index (κ3) is 5.62. The number of anilines is 2. The molecule has 0 aromatic heterocycles. The van der Waals surface area contributed by atoms with Gasteiger partial charge in [0.15, 0.2) is 0 Å². The van der Waals surface area contributed by atoms with Gasteiger partial charge in [0.05, 0.1) is 11.4 Å². The van der Waals surface area contributed by atoms with Crippen molar-refractivity contribution in [3.63, 3.8) is 0 Å². The zero-order valence-corrected chi connectivity index (χ0v) is 17.2. The predicted octanol–water partition coefficient (Wildman–Crippen LogP) is 4.09. The van der Waals surface area contributed by atoms with Crippen molar-refractivity contribution in [2.75, 3.05) is 15.8 Å². The predicted molar refractivity (Wildman–Crippen MR) is 107 cm³/mol. The SMILES string of the molecule is CCS(=O)(=O)Nc1ccc(NC(=O)N[C@H]2CCC(C)(C)C[C@H]2C)cc1C. The monoisotopic (exact) mass is 381 g/mol. The highest BCUT2D eigenvalue weighted by Gasteiger charge is 2.33. The number of carbonyl (C=O) groups is 1. The van der Waals surface area contributed by atoms with E-state index in [1.54, 1.807) is 25.1 Å². The molecule has 1 aliphatic rings. The van der Waals surface area contributed by atoms with Crippen molar-refractivity contribution in [1.82, 2.24) is 5.32 Å². The van der Waals surface area contributed by atoms with Crippen LogP contribution in [-0.2, 0) is 10.0 Å². The fourth-order valence-corrected chi connectivity index (χ4v) is 4.30. The summed E-state index contributed by atoms with van der Waals surface area (Å²) in [5.74, 6) is 0.461. The van der Waals surface area contributed by atoms with Gasteiger partial charge in [0, 0.05) is 11.7 Å². The Kier molecular flexibility index (Phi) is 6.21. The number of nitrogens with one attached hydrogen (secondary N) is 3. The molecule has 1 aromatic rings. The van der Waals surface area contributed by atoms with E-state index in [1.165, 1.54) is 0 Å². The van der Waals surface area contributed by atoms with Gasteiger partial charge >= 0.3 is 6.03 Å². The lowest BCUT2D eigenvalue weighted by atomic mass is 9.70. The van der Waals surface area contributed by atoms with Crippen LogP contribution in [0.5, 0.6) is 0 Å². The van der Waals surface area contributed by atoms with Gasteiger partial charge in [-0.05, 0) is 68.2 Å². The second-order valence-electron chi connectivity index (χ2n) is 8.12. The number of hydrogen-bond donors (Lipinski definition) is 3. The molecule has 0 saturated heterocycles. The summed E-state index contributed by atoms with van der Waals surface area (Å²) in [5, 5.41) is 5.92. The van der Waals surface area contributed by atoms with Crippen LogP contribution in [0.3, 0.4) is 0 Å². The molecule has 6 nitrogen and oxygen atoms in total. The normalized spacial score (nSPS) is 22.5. The van der Waals surface area contributed by atoms with Crippen molar-refractivity contribution in [2.45, 2.75) is 59.9 Å². The molecule has 2 rings (SSSR count). The van der Waals surface area contributed by atoms with Gasteiger partial charge in [-0.2, -0.15) is 0 Å². The molecule has 3 N–H and O–H groups in total. The lowest BCUT2D eigenvalue weighted by Crippen LogP contribution is -2.46. The Balaban J connectivity index is 1.96. The van der Waals surface area contributed by atoms with Crippen LogP contribution in [0.1, 0.15) is 52.5 Å². The summed E-state index contributed by atoms with van der Waals surface area (Å²) < 4.78 is 25.9. The molecule has 0 heterocycles. The van der Waals surface area contributed by atoms with Crippen molar-refractivity contribution in [3.8, 4) is 0 Å². The highest BCUT2D eigenvalue weighted by molar-refractivity contribution is 7.92. The van der Waals surface area contributed by atoms with Gasteiger partial charge in [0.2, 0.25) is 10.0 Å². The molecule has 0 aliphatic heterocycles. The van der Waals surface area contributed by atoms with E-state index in [0.717, 1.165) is 24.8 Å². The first-order valence-electron chi connectivity index (χ1n) is 9.20. The summed E-state index contributed by atoms with van der Waals surface area (Å²) in [4.78, 5) is 12.3. The highest BCUT2D eigenvalue weighted by atomic mass is 32.2. The first-order valence-corrected chi connectivity index (χ1v) is 10.9. The lowest BCUT2D eigenvalue weighted by molar-refractivity contribution is 0.152. The summed E-state index contributed by atoms with van der Waals surface area (Å²) in [6.45, 7) is 10.1. The highest BCUT2D eigenvalue weighted by Crippen LogP contribution is 2.38. The second-order valence-corrected chi connectivity index (χ2v) is 10.1. The third-order valence-corrected chi connectivity index (χ3v) is 6.43. The molecule has 2 atom stereocenters. The van der Waals surface area contributed by atoms with Gasteiger partial charge in [-0.3, -0.25) is 4.72 Å². The number of sulfonamides is 1. The summed E-state index contributed by atoms with van der Waals surface area (Å²) in [7, 11) is -3.32. The largest absolute Gasteiger partial charge is 0.335 e. The van der Waals surface area contributed by atoms with Crippen molar-refractivity contribution in [3.05, 3.63) is 23.8 Å². The van der Waals surface area contributed by atoms with Crippen LogP contribution in [-0.4, -0.2) is 26.2 Å². The van der Waals surface area contributed by atoms with Crippen LogP contribution in [0.4, 0.5) is 16.2 Å². The molecule has 0 unspecified atom stereocenters. The Morgan fingerprint density at radius 1 is 1.31 bits per heavy atom. The standard InChI is InChI=1S/C19H31N3O3S/c1-6-26(24,25)22-17-8-7-15(11-13(17)2)20-18(23)21-16-9-10-19(4,5)12-14(16)3/h7-8,11,14,16,22H,6,9-10,12H2,1-5H3,(H2,20,21,23)/t14-,16+/m1/s1. The Hall–Kier alpha value is -1.76. The van der Waals surface area contributed by atoms with Gasteiger partial charge in [0.25, 0.3) is 0 Å². The van der Waals surface area contributed by atoms with Gasteiger partial charge in [0.1, 0.15) is 0 Å². The van der Waals surface area contributed by atoms with Gasteiger partial charge in [-0.15, -0.1) is 0 Å². The van der Waals surface area contributed by atoms with E-state index in [1.807, 2.05) is 6.92 Å². The maximum atomic E-state index is 12.3. The number of amides is 2. The number of hydrogen-bond acceptors (Lipinski definition) is 3. The van der Waals surface area contributed by atoms with E-state index < -0.39 is 10.0 Å². The zero-order valence-electron chi connectivity index (χ0n) is 16.3. The van der Waals surface area contributed by atoms with Gasteiger partial charge < -0.3 is 10.6 Å². The number of aryl methyl sites for hydroxylation is 1. The smallest absolute Gasteiger partial charge is 0.319 e. The van der Waals surface area contributed by atoms with E-state index in [2.05, 4.69) is 36.1 Å². The fourth-order valence-electron chi connectivity index (χ4n) is 3.59. The lowest BCUT2D eigenvalue weighted by Gasteiger charge is -2.39. The summed E-state index contributed by atoms with van der Waals surface area (Å²) in [6.07, 6.45) is 3.19. The van der Waals surface area contributed by atoms with Crippen LogP contribution in [0, 0.1) is 18.3 Å². The number of urea groups is 1. The molecule has 26 heavy (non-hydrogen) atoms. The van der Waals surface area contributed by atoms with Crippen LogP contribution >= 0.6 is 0 Å². The molecule has 1 fully saturated rings. The minimum atomic E-state index is -3.32. The fraction of sp³-hybridized carbons (Fsp3) is 0.632. The van der Waals surface area contributed by atoms with E-state index in [0.29, 0.717) is 22.7 Å². The quantitative estimate of drug-likeness (QED) is 0.718. The Morgan fingerprint density at radius 2 is 2.00 bits per heavy atom. The summed E-state index contributed by atoms with van der Waals surface area (Å²) in [5.41, 5.74) is 2.27. The third-order valence-electron chi connectivity index (χ3n) is 5.14. The Bertz CT molecular complexity index is 759. The van der Waals surface area contributed by atoms with Crippen LogP contribution < -0.4 is 15.4 Å². The molecule has 146 valence electrons. The van der Waals surface area contributed by atoms with Gasteiger partial charge in [-0.1, -0.05) is 20.8 Å². The van der Waals surface area contributed by atoms with E-state index >= 15 is 0 Å². The van der Waals surface area contributed by atoms with Gasteiger partial charge in [-0.25, -0.2) is 13.2 Å². The summed E-state index contributed by atoms with van der Waals surface area (Å²) in [6, 6.07) is 5.10. The van der Waals surface area contributed by atoms with Crippen LogP contribution in [0.2, 0.25) is 0 Å². The van der Waals surface area contributed by atoms with Crippen molar-refractivity contribution in [2.24, 2.45) is 11.3 Å². The van der Waals surface area contributed by atoms with Crippen molar-refractivity contribution < 1.29 is 13.2 Å².